The highest BCUT2D eigenvalue weighted by atomic mass is 16.6. The molecule has 1 fully saturated rings. The normalized spacial score (nSPS) is 22.3. The van der Waals surface area contributed by atoms with Crippen molar-refractivity contribution in [2.24, 2.45) is 5.92 Å². The van der Waals surface area contributed by atoms with Gasteiger partial charge >= 0.3 is 6.09 Å². The Balaban J connectivity index is 2.24. The summed E-state index contributed by atoms with van der Waals surface area (Å²) in [5.74, 6) is 0.845. The summed E-state index contributed by atoms with van der Waals surface area (Å²) in [5, 5.41) is 3.67. The average molecular weight is 298 g/mol. The van der Waals surface area contributed by atoms with Crippen LogP contribution < -0.4 is 5.32 Å². The van der Waals surface area contributed by atoms with E-state index in [0.717, 1.165) is 25.4 Å². The number of carbonyl (C=O) groups is 1. The van der Waals surface area contributed by atoms with Crippen LogP contribution in [-0.4, -0.2) is 42.3 Å². The van der Waals surface area contributed by atoms with Crippen molar-refractivity contribution in [1.82, 2.24) is 10.2 Å². The van der Waals surface area contributed by atoms with Gasteiger partial charge in [0.1, 0.15) is 5.60 Å². The van der Waals surface area contributed by atoms with E-state index in [4.69, 9.17) is 4.74 Å². The maximum atomic E-state index is 12.0. The van der Waals surface area contributed by atoms with Gasteiger partial charge in [-0.15, -0.1) is 0 Å². The lowest BCUT2D eigenvalue weighted by molar-refractivity contribution is 0.0258. The van der Waals surface area contributed by atoms with Gasteiger partial charge in [-0.05, 0) is 59.4 Å². The number of rotatable bonds is 7. The van der Waals surface area contributed by atoms with Crippen molar-refractivity contribution in [1.29, 1.82) is 0 Å². The van der Waals surface area contributed by atoms with Crippen LogP contribution in [0.5, 0.6) is 0 Å². The second-order valence-corrected chi connectivity index (χ2v) is 7.07. The molecule has 0 aromatic carbocycles. The van der Waals surface area contributed by atoms with Crippen LogP contribution >= 0.6 is 0 Å². The Hall–Kier alpha value is -0.770. The largest absolute Gasteiger partial charge is 0.444 e. The van der Waals surface area contributed by atoms with Gasteiger partial charge in [0.25, 0.3) is 0 Å². The van der Waals surface area contributed by atoms with Crippen molar-refractivity contribution in [3.63, 3.8) is 0 Å². The number of ether oxygens (including phenoxy) is 1. The quantitative estimate of drug-likeness (QED) is 0.727. The molecule has 1 aliphatic carbocycles. The van der Waals surface area contributed by atoms with Crippen molar-refractivity contribution in [3.8, 4) is 0 Å². The minimum absolute atomic E-state index is 0.197. The van der Waals surface area contributed by atoms with E-state index in [-0.39, 0.29) is 6.09 Å². The number of carbonyl (C=O) groups excluding carboxylic acids is 1. The first-order valence-electron chi connectivity index (χ1n) is 8.58. The maximum absolute atomic E-state index is 12.0. The smallest absolute Gasteiger partial charge is 0.410 e. The first-order valence-corrected chi connectivity index (χ1v) is 8.58. The van der Waals surface area contributed by atoms with Gasteiger partial charge in [-0.2, -0.15) is 0 Å². The Bertz CT molecular complexity index is 312. The van der Waals surface area contributed by atoms with E-state index < -0.39 is 5.60 Å². The van der Waals surface area contributed by atoms with Crippen LogP contribution in [0.2, 0.25) is 0 Å². The molecule has 1 amide bonds. The summed E-state index contributed by atoms with van der Waals surface area (Å²) in [5.41, 5.74) is -0.416. The van der Waals surface area contributed by atoms with E-state index in [1.165, 1.54) is 25.7 Å². The number of amides is 1. The highest BCUT2D eigenvalue weighted by Gasteiger charge is 2.25. The van der Waals surface area contributed by atoms with E-state index in [2.05, 4.69) is 12.2 Å². The zero-order valence-electron chi connectivity index (χ0n) is 14.6. The molecule has 124 valence electrons. The Morgan fingerprint density at radius 3 is 2.57 bits per heavy atom. The monoisotopic (exact) mass is 298 g/mol. The molecule has 21 heavy (non-hydrogen) atoms. The van der Waals surface area contributed by atoms with Gasteiger partial charge in [-0.25, -0.2) is 4.79 Å². The molecule has 0 aromatic rings. The van der Waals surface area contributed by atoms with E-state index in [9.17, 15) is 4.79 Å². The van der Waals surface area contributed by atoms with Crippen molar-refractivity contribution >= 4 is 6.09 Å². The summed E-state index contributed by atoms with van der Waals surface area (Å²) in [6.07, 6.45) is 6.10. The van der Waals surface area contributed by atoms with Gasteiger partial charge in [-0.3, -0.25) is 0 Å². The number of hydrogen-bond acceptors (Lipinski definition) is 3. The van der Waals surface area contributed by atoms with Crippen LogP contribution in [0.4, 0.5) is 4.79 Å². The van der Waals surface area contributed by atoms with Crippen molar-refractivity contribution in [3.05, 3.63) is 0 Å². The third-order valence-corrected chi connectivity index (χ3v) is 4.23. The van der Waals surface area contributed by atoms with Crippen molar-refractivity contribution < 1.29 is 9.53 Å². The molecule has 4 heteroatoms. The molecule has 1 rings (SSSR count). The van der Waals surface area contributed by atoms with Gasteiger partial charge < -0.3 is 15.0 Å². The van der Waals surface area contributed by atoms with Crippen LogP contribution in [0.15, 0.2) is 0 Å². The van der Waals surface area contributed by atoms with E-state index in [1.807, 2.05) is 27.7 Å². The fraction of sp³-hybridized carbons (Fsp3) is 0.941. The molecule has 4 nitrogen and oxygen atoms in total. The van der Waals surface area contributed by atoms with Crippen LogP contribution in [0.1, 0.15) is 66.7 Å². The maximum Gasteiger partial charge on any atom is 0.410 e. The third kappa shape index (κ3) is 6.68. The Morgan fingerprint density at radius 2 is 2.00 bits per heavy atom. The third-order valence-electron chi connectivity index (χ3n) is 4.23. The van der Waals surface area contributed by atoms with Gasteiger partial charge in [0.05, 0.1) is 0 Å². The predicted octanol–water partition coefficient (Wildman–Crippen LogP) is 3.80. The lowest BCUT2D eigenvalue weighted by Gasteiger charge is -2.27. The summed E-state index contributed by atoms with van der Waals surface area (Å²) in [4.78, 5) is 13.8. The second-order valence-electron chi connectivity index (χ2n) is 7.07. The molecule has 0 radical (unpaired) electrons. The molecule has 0 spiro atoms. The minimum atomic E-state index is -0.416. The van der Waals surface area contributed by atoms with Gasteiger partial charge in [0, 0.05) is 19.1 Å². The van der Waals surface area contributed by atoms with Gasteiger partial charge in [0.2, 0.25) is 0 Å². The fourth-order valence-corrected chi connectivity index (χ4v) is 3.06. The van der Waals surface area contributed by atoms with Crippen molar-refractivity contribution in [2.75, 3.05) is 19.6 Å². The van der Waals surface area contributed by atoms with Crippen molar-refractivity contribution in [2.45, 2.75) is 78.4 Å². The Morgan fingerprint density at radius 1 is 1.29 bits per heavy atom. The van der Waals surface area contributed by atoms with Crippen LogP contribution in [0, 0.1) is 5.92 Å². The molecule has 0 aliphatic heterocycles. The fourth-order valence-electron chi connectivity index (χ4n) is 3.06. The zero-order chi connectivity index (χ0) is 15.9. The first-order chi connectivity index (χ1) is 9.87. The summed E-state index contributed by atoms with van der Waals surface area (Å²) in [6, 6.07) is 0.687. The summed E-state index contributed by atoms with van der Waals surface area (Å²) in [7, 11) is 0. The molecule has 0 aromatic heterocycles. The molecule has 1 saturated carbocycles. The highest BCUT2D eigenvalue weighted by molar-refractivity contribution is 5.68. The zero-order valence-corrected chi connectivity index (χ0v) is 14.6. The highest BCUT2D eigenvalue weighted by Crippen LogP contribution is 2.27. The first kappa shape index (κ1) is 18.3. The molecular weight excluding hydrogens is 264 g/mol. The predicted molar refractivity (Wildman–Crippen MR) is 87.5 cm³/mol. The topological polar surface area (TPSA) is 41.6 Å². The van der Waals surface area contributed by atoms with Crippen LogP contribution in [-0.2, 0) is 4.74 Å². The van der Waals surface area contributed by atoms with E-state index >= 15 is 0 Å². The molecule has 2 atom stereocenters. The summed E-state index contributed by atoms with van der Waals surface area (Å²) in [6.45, 7) is 12.5. The van der Waals surface area contributed by atoms with Gasteiger partial charge in [-0.1, -0.05) is 19.8 Å². The molecule has 1 N–H and O–H groups in total. The Labute approximate surface area is 130 Å². The molecule has 1 aliphatic rings. The number of nitrogens with one attached hydrogen (secondary N) is 1. The lowest BCUT2D eigenvalue weighted by atomic mass is 10.0. The van der Waals surface area contributed by atoms with E-state index in [1.54, 1.807) is 4.90 Å². The summed E-state index contributed by atoms with van der Waals surface area (Å²) >= 11 is 0. The lowest BCUT2D eigenvalue weighted by Crippen LogP contribution is -2.39. The molecule has 0 heterocycles. The molecule has 0 saturated heterocycles. The minimum Gasteiger partial charge on any atom is -0.444 e. The molecular formula is C17H34N2O2. The van der Waals surface area contributed by atoms with Gasteiger partial charge in [0.15, 0.2) is 0 Å². The van der Waals surface area contributed by atoms with E-state index in [0.29, 0.717) is 12.6 Å². The Kier molecular flexibility index (Phi) is 7.50. The van der Waals surface area contributed by atoms with Crippen LogP contribution in [0.3, 0.4) is 0 Å². The summed E-state index contributed by atoms with van der Waals surface area (Å²) < 4.78 is 5.42. The number of nitrogens with zero attached hydrogens (tertiary/aromatic N) is 1. The second kappa shape index (κ2) is 8.62. The SMILES string of the molecule is CCC1CCCC1NCCCN(CC)C(=O)OC(C)(C)C. The molecule has 0 bridgehead atoms. The average Bonchev–Trinajstić information content (AvgIpc) is 2.84. The number of hydrogen-bond donors (Lipinski definition) is 1. The molecule has 2 unspecified atom stereocenters. The standard InChI is InChI=1S/C17H34N2O2/c1-6-14-10-8-11-15(14)18-12-9-13-19(7-2)16(20)21-17(3,4)5/h14-15,18H,6-13H2,1-5H3. The van der Waals surface area contributed by atoms with Crippen LogP contribution in [0.25, 0.3) is 0 Å².